The Bertz CT molecular complexity index is 234. The van der Waals surface area contributed by atoms with Gasteiger partial charge in [-0.3, -0.25) is 0 Å². The third kappa shape index (κ3) is 1.92. The second-order valence-electron chi connectivity index (χ2n) is 2.60. The molecule has 0 saturated heterocycles. The number of nitrogens with two attached hydrogens (primary N) is 1. The third-order valence-corrected chi connectivity index (χ3v) is 1.79. The molecule has 0 aromatic carbocycles. The smallest absolute Gasteiger partial charge is 0.107 e. The van der Waals surface area contributed by atoms with Gasteiger partial charge in [0.25, 0.3) is 0 Å². The summed E-state index contributed by atoms with van der Waals surface area (Å²) in [6, 6.07) is 3.73. The van der Waals surface area contributed by atoms with E-state index in [0.29, 0.717) is 12.4 Å². The van der Waals surface area contributed by atoms with Crippen LogP contribution in [0.1, 0.15) is 6.92 Å². The number of nitrogens with one attached hydrogen (secondary N) is 1. The Morgan fingerprint density at radius 2 is 2.33 bits per heavy atom. The van der Waals surface area contributed by atoms with Crippen LogP contribution in [0, 0.1) is 0 Å². The quantitative estimate of drug-likeness (QED) is 0.612. The van der Waals surface area contributed by atoms with E-state index in [2.05, 4.69) is 4.98 Å². The Hall–Kier alpha value is -1.16. The van der Waals surface area contributed by atoms with Gasteiger partial charge in [-0.15, -0.1) is 0 Å². The topological polar surface area (TPSA) is 65.3 Å². The van der Waals surface area contributed by atoms with Crippen molar-refractivity contribution in [3.63, 3.8) is 0 Å². The van der Waals surface area contributed by atoms with Crippen molar-refractivity contribution >= 4 is 11.6 Å². The van der Waals surface area contributed by atoms with Crippen molar-refractivity contribution < 1.29 is 5.11 Å². The molecule has 0 saturated carbocycles. The van der Waals surface area contributed by atoms with Gasteiger partial charge < -0.3 is 20.7 Å². The predicted octanol–water partition coefficient (Wildman–Crippen LogP) is 0.415. The molecule has 12 heavy (non-hydrogen) atoms. The van der Waals surface area contributed by atoms with Crippen LogP contribution in [0.4, 0.5) is 11.6 Å². The van der Waals surface area contributed by atoms with E-state index in [1.807, 2.05) is 24.0 Å². The minimum absolute atomic E-state index is 0.159. The van der Waals surface area contributed by atoms with Gasteiger partial charge >= 0.3 is 0 Å². The van der Waals surface area contributed by atoms with Crippen molar-refractivity contribution in [2.75, 3.05) is 30.3 Å². The first kappa shape index (κ1) is 8.93. The molecule has 0 unspecified atom stereocenters. The highest BCUT2D eigenvalue weighted by molar-refractivity contribution is 5.47. The van der Waals surface area contributed by atoms with Crippen molar-refractivity contribution in [1.29, 1.82) is 0 Å². The van der Waals surface area contributed by atoms with Gasteiger partial charge in [-0.2, -0.15) is 0 Å². The Kier molecular flexibility index (Phi) is 2.99. The number of hydrogen-bond donors (Lipinski definition) is 3. The lowest BCUT2D eigenvalue weighted by Crippen LogP contribution is -2.26. The third-order valence-electron chi connectivity index (χ3n) is 1.79. The van der Waals surface area contributed by atoms with Crippen LogP contribution in [0.3, 0.4) is 0 Å². The monoisotopic (exact) mass is 169 g/mol. The maximum atomic E-state index is 8.75. The Labute approximate surface area is 72.0 Å². The Morgan fingerprint density at radius 1 is 1.58 bits per heavy atom. The van der Waals surface area contributed by atoms with Gasteiger partial charge in [0.1, 0.15) is 11.6 Å². The minimum atomic E-state index is 0.159. The van der Waals surface area contributed by atoms with Gasteiger partial charge in [-0.05, 0) is 19.1 Å². The van der Waals surface area contributed by atoms with Crippen LogP contribution < -0.4 is 10.6 Å². The second kappa shape index (κ2) is 4.01. The fourth-order valence-corrected chi connectivity index (χ4v) is 1.15. The number of anilines is 2. The number of aliphatic hydroxyl groups is 1. The molecule has 1 heterocycles. The highest BCUT2D eigenvalue weighted by Gasteiger charge is 2.03. The molecule has 0 spiro atoms. The van der Waals surface area contributed by atoms with Crippen LogP contribution in [-0.2, 0) is 0 Å². The van der Waals surface area contributed by atoms with Gasteiger partial charge in [0.05, 0.1) is 6.61 Å². The summed E-state index contributed by atoms with van der Waals surface area (Å²) in [6.45, 7) is 3.69. The van der Waals surface area contributed by atoms with Crippen molar-refractivity contribution in [3.8, 4) is 0 Å². The Morgan fingerprint density at radius 3 is 2.75 bits per heavy atom. The van der Waals surface area contributed by atoms with Crippen molar-refractivity contribution in [1.82, 2.24) is 4.98 Å². The Balaban J connectivity index is 2.66. The summed E-state index contributed by atoms with van der Waals surface area (Å²) in [6.07, 6.45) is 0. The van der Waals surface area contributed by atoms with E-state index in [-0.39, 0.29) is 6.61 Å². The van der Waals surface area contributed by atoms with Gasteiger partial charge in [0.2, 0.25) is 0 Å². The molecule has 0 bridgehead atoms. The molecule has 0 aliphatic heterocycles. The van der Waals surface area contributed by atoms with Crippen LogP contribution >= 0.6 is 0 Å². The van der Waals surface area contributed by atoms with E-state index >= 15 is 0 Å². The molecule has 0 amide bonds. The van der Waals surface area contributed by atoms with Crippen LogP contribution in [-0.4, -0.2) is 29.8 Å². The fraction of sp³-hybridized carbons (Fsp3) is 0.500. The summed E-state index contributed by atoms with van der Waals surface area (Å²) in [7, 11) is 0. The zero-order chi connectivity index (χ0) is 8.97. The maximum Gasteiger partial charge on any atom is 0.107 e. The average Bonchev–Trinajstić information content (AvgIpc) is 2.47. The molecule has 0 aliphatic rings. The summed E-state index contributed by atoms with van der Waals surface area (Å²) < 4.78 is 0. The largest absolute Gasteiger partial charge is 0.395 e. The summed E-state index contributed by atoms with van der Waals surface area (Å²) in [4.78, 5) is 5.03. The van der Waals surface area contributed by atoms with E-state index in [4.69, 9.17) is 10.8 Å². The van der Waals surface area contributed by atoms with Crippen molar-refractivity contribution in [3.05, 3.63) is 12.1 Å². The average molecular weight is 169 g/mol. The van der Waals surface area contributed by atoms with E-state index in [0.717, 1.165) is 12.4 Å². The van der Waals surface area contributed by atoms with E-state index in [1.165, 1.54) is 0 Å². The number of aromatic nitrogens is 1. The van der Waals surface area contributed by atoms with Gasteiger partial charge in [-0.1, -0.05) is 0 Å². The molecule has 4 heteroatoms. The summed E-state index contributed by atoms with van der Waals surface area (Å²) in [5.41, 5.74) is 5.52. The number of H-pyrrole nitrogens is 1. The molecular weight excluding hydrogens is 154 g/mol. The molecule has 0 radical (unpaired) electrons. The minimum Gasteiger partial charge on any atom is -0.395 e. The number of rotatable bonds is 4. The van der Waals surface area contributed by atoms with Crippen molar-refractivity contribution in [2.45, 2.75) is 6.92 Å². The lowest BCUT2D eigenvalue weighted by molar-refractivity contribution is 0.302. The van der Waals surface area contributed by atoms with Gasteiger partial charge in [0, 0.05) is 13.1 Å². The molecule has 0 fully saturated rings. The molecule has 4 nitrogen and oxygen atoms in total. The molecule has 1 aromatic heterocycles. The first-order valence-corrected chi connectivity index (χ1v) is 4.08. The van der Waals surface area contributed by atoms with Crippen LogP contribution in [0.25, 0.3) is 0 Å². The van der Waals surface area contributed by atoms with Gasteiger partial charge in [0.15, 0.2) is 0 Å². The second-order valence-corrected chi connectivity index (χ2v) is 2.60. The van der Waals surface area contributed by atoms with Crippen LogP contribution in [0.5, 0.6) is 0 Å². The van der Waals surface area contributed by atoms with E-state index in [1.54, 1.807) is 0 Å². The summed E-state index contributed by atoms with van der Waals surface area (Å²) in [5.74, 6) is 1.62. The lowest BCUT2D eigenvalue weighted by Gasteiger charge is -2.19. The zero-order valence-electron chi connectivity index (χ0n) is 7.25. The van der Waals surface area contributed by atoms with E-state index in [9.17, 15) is 0 Å². The zero-order valence-corrected chi connectivity index (χ0v) is 7.25. The first-order chi connectivity index (χ1) is 5.77. The molecule has 0 aliphatic carbocycles. The summed E-state index contributed by atoms with van der Waals surface area (Å²) in [5, 5.41) is 8.75. The number of nitrogens with zero attached hydrogens (tertiary/aromatic N) is 1. The first-order valence-electron chi connectivity index (χ1n) is 4.08. The molecule has 68 valence electrons. The number of aliphatic hydroxyl groups excluding tert-OH is 1. The van der Waals surface area contributed by atoms with Crippen molar-refractivity contribution in [2.24, 2.45) is 0 Å². The molecule has 1 aromatic rings. The SMILES string of the molecule is CCN(CCO)c1ccc(N)[nH]1. The van der Waals surface area contributed by atoms with Crippen LogP contribution in [0.15, 0.2) is 12.1 Å². The lowest BCUT2D eigenvalue weighted by atomic mass is 10.4. The van der Waals surface area contributed by atoms with E-state index < -0.39 is 0 Å². The molecule has 0 atom stereocenters. The standard InChI is InChI=1S/C8H15N3O/c1-2-11(5-6-12)8-4-3-7(9)10-8/h3-4,10,12H,2,5-6,9H2,1H3. The predicted molar refractivity (Wildman–Crippen MR) is 50.2 cm³/mol. The number of aromatic amines is 1. The molecule has 4 N–H and O–H groups in total. The maximum absolute atomic E-state index is 8.75. The van der Waals surface area contributed by atoms with Crippen LogP contribution in [0.2, 0.25) is 0 Å². The number of hydrogen-bond acceptors (Lipinski definition) is 3. The highest BCUT2D eigenvalue weighted by atomic mass is 16.3. The fourth-order valence-electron chi connectivity index (χ4n) is 1.15. The molecular formula is C8H15N3O. The highest BCUT2D eigenvalue weighted by Crippen LogP contribution is 2.13. The number of likely N-dealkylation sites (N-methyl/N-ethyl adjacent to an activating group) is 1. The molecule has 1 rings (SSSR count). The number of nitrogen functional groups attached to an aromatic ring is 1. The normalized spacial score (nSPS) is 10.2. The summed E-state index contributed by atoms with van der Waals surface area (Å²) >= 11 is 0. The van der Waals surface area contributed by atoms with Gasteiger partial charge in [-0.25, -0.2) is 0 Å².